The van der Waals surface area contributed by atoms with Gasteiger partial charge < -0.3 is 4.74 Å². The highest BCUT2D eigenvalue weighted by Gasteiger charge is 2.49. The SMILES string of the molecule is COc1ccc(C23CCC(C#N)(CC2)CC3)cc1C. The molecule has 0 radical (unpaired) electrons. The molecule has 0 aromatic heterocycles. The third kappa shape index (κ3) is 1.84. The first kappa shape index (κ1) is 12.5. The van der Waals surface area contributed by atoms with E-state index in [9.17, 15) is 5.26 Å². The fourth-order valence-corrected chi connectivity index (χ4v) is 3.99. The van der Waals surface area contributed by atoms with Crippen LogP contribution in [0.3, 0.4) is 0 Å². The first-order chi connectivity index (χ1) is 9.13. The van der Waals surface area contributed by atoms with Crippen molar-refractivity contribution < 1.29 is 4.74 Å². The molecule has 3 fully saturated rings. The van der Waals surface area contributed by atoms with Crippen molar-refractivity contribution in [2.75, 3.05) is 7.11 Å². The summed E-state index contributed by atoms with van der Waals surface area (Å²) >= 11 is 0. The summed E-state index contributed by atoms with van der Waals surface area (Å²) in [7, 11) is 1.72. The van der Waals surface area contributed by atoms with Crippen LogP contribution >= 0.6 is 0 Å². The molecule has 2 nitrogen and oxygen atoms in total. The number of benzene rings is 1. The molecule has 2 heteroatoms. The van der Waals surface area contributed by atoms with Crippen molar-refractivity contribution in [1.29, 1.82) is 5.26 Å². The van der Waals surface area contributed by atoms with Crippen LogP contribution in [-0.2, 0) is 5.41 Å². The molecular formula is C17H21NO. The van der Waals surface area contributed by atoms with Gasteiger partial charge in [0.1, 0.15) is 5.75 Å². The number of hydrogen-bond acceptors (Lipinski definition) is 2. The van der Waals surface area contributed by atoms with E-state index in [1.807, 2.05) is 0 Å². The smallest absolute Gasteiger partial charge is 0.121 e. The number of ether oxygens (including phenoxy) is 1. The Morgan fingerprint density at radius 3 is 2.21 bits per heavy atom. The van der Waals surface area contributed by atoms with Gasteiger partial charge in [-0.3, -0.25) is 0 Å². The van der Waals surface area contributed by atoms with E-state index < -0.39 is 0 Å². The summed E-state index contributed by atoms with van der Waals surface area (Å²) in [4.78, 5) is 0. The van der Waals surface area contributed by atoms with Gasteiger partial charge in [-0.15, -0.1) is 0 Å². The van der Waals surface area contributed by atoms with Gasteiger partial charge in [0, 0.05) is 0 Å². The lowest BCUT2D eigenvalue weighted by Crippen LogP contribution is -2.43. The largest absolute Gasteiger partial charge is 0.496 e. The maximum Gasteiger partial charge on any atom is 0.121 e. The number of fused-ring (bicyclic) bond motifs is 3. The lowest BCUT2D eigenvalue weighted by Gasteiger charge is -2.51. The van der Waals surface area contributed by atoms with E-state index in [1.54, 1.807) is 7.11 Å². The predicted molar refractivity (Wildman–Crippen MR) is 75.2 cm³/mol. The molecule has 100 valence electrons. The highest BCUT2D eigenvalue weighted by Crippen LogP contribution is 2.57. The van der Waals surface area contributed by atoms with E-state index in [0.717, 1.165) is 25.0 Å². The number of nitriles is 1. The Balaban J connectivity index is 1.92. The molecule has 2 bridgehead atoms. The maximum absolute atomic E-state index is 9.37. The Morgan fingerprint density at radius 1 is 1.11 bits per heavy atom. The van der Waals surface area contributed by atoms with Crippen molar-refractivity contribution in [1.82, 2.24) is 0 Å². The normalized spacial score (nSPS) is 32.9. The van der Waals surface area contributed by atoms with Gasteiger partial charge in [-0.05, 0) is 68.1 Å². The second-order valence-corrected chi connectivity index (χ2v) is 6.36. The van der Waals surface area contributed by atoms with E-state index >= 15 is 0 Å². The fourth-order valence-electron chi connectivity index (χ4n) is 3.99. The summed E-state index contributed by atoms with van der Waals surface area (Å²) in [6.07, 6.45) is 6.75. The Morgan fingerprint density at radius 2 is 1.74 bits per heavy atom. The predicted octanol–water partition coefficient (Wildman–Crippen LogP) is 4.12. The van der Waals surface area contributed by atoms with Crippen LogP contribution in [0.2, 0.25) is 0 Å². The Hall–Kier alpha value is -1.49. The molecule has 0 aliphatic heterocycles. The van der Waals surface area contributed by atoms with Gasteiger partial charge in [-0.1, -0.05) is 12.1 Å². The van der Waals surface area contributed by atoms with E-state index in [2.05, 4.69) is 31.2 Å². The first-order valence-electron chi connectivity index (χ1n) is 7.20. The van der Waals surface area contributed by atoms with Crippen molar-refractivity contribution in [3.63, 3.8) is 0 Å². The van der Waals surface area contributed by atoms with Gasteiger partial charge in [-0.25, -0.2) is 0 Å². The van der Waals surface area contributed by atoms with Crippen LogP contribution in [0.4, 0.5) is 0 Å². The molecular weight excluding hydrogens is 234 g/mol. The maximum atomic E-state index is 9.37. The van der Waals surface area contributed by atoms with Gasteiger partial charge in [0.05, 0.1) is 18.6 Å². The summed E-state index contributed by atoms with van der Waals surface area (Å²) in [6.45, 7) is 2.12. The molecule has 0 amide bonds. The van der Waals surface area contributed by atoms with E-state index in [0.29, 0.717) is 5.41 Å². The van der Waals surface area contributed by atoms with Crippen LogP contribution in [0, 0.1) is 23.7 Å². The van der Waals surface area contributed by atoms with Gasteiger partial charge in [0.25, 0.3) is 0 Å². The zero-order chi connectivity index (χ0) is 13.5. The van der Waals surface area contributed by atoms with Crippen LogP contribution in [0.5, 0.6) is 5.75 Å². The molecule has 3 aliphatic carbocycles. The molecule has 1 aromatic carbocycles. The molecule has 0 unspecified atom stereocenters. The van der Waals surface area contributed by atoms with Crippen molar-refractivity contribution in [3.05, 3.63) is 29.3 Å². The zero-order valence-corrected chi connectivity index (χ0v) is 11.8. The third-order valence-electron chi connectivity index (χ3n) is 5.49. The summed E-state index contributed by atoms with van der Waals surface area (Å²) in [5.74, 6) is 0.971. The molecule has 1 aromatic rings. The molecule has 0 saturated heterocycles. The number of methoxy groups -OCH3 is 1. The van der Waals surface area contributed by atoms with E-state index in [-0.39, 0.29) is 5.41 Å². The minimum absolute atomic E-state index is 0.00324. The molecule has 0 atom stereocenters. The Bertz CT molecular complexity index is 516. The average molecular weight is 255 g/mol. The molecule has 0 spiro atoms. The molecule has 0 N–H and O–H groups in total. The van der Waals surface area contributed by atoms with Crippen LogP contribution in [0.25, 0.3) is 0 Å². The molecule has 3 aliphatic rings. The lowest BCUT2D eigenvalue weighted by atomic mass is 9.52. The molecule has 3 saturated carbocycles. The molecule has 0 heterocycles. The monoisotopic (exact) mass is 255 g/mol. The zero-order valence-electron chi connectivity index (χ0n) is 11.8. The number of aryl methyl sites for hydroxylation is 1. The van der Waals surface area contributed by atoms with Crippen molar-refractivity contribution in [2.24, 2.45) is 5.41 Å². The minimum Gasteiger partial charge on any atom is -0.496 e. The molecule has 19 heavy (non-hydrogen) atoms. The summed E-state index contributed by atoms with van der Waals surface area (Å²) < 4.78 is 5.35. The lowest BCUT2D eigenvalue weighted by molar-refractivity contribution is 0.0848. The van der Waals surface area contributed by atoms with Crippen molar-refractivity contribution in [2.45, 2.75) is 50.9 Å². The quantitative estimate of drug-likeness (QED) is 0.796. The number of rotatable bonds is 2. The summed E-state index contributed by atoms with van der Waals surface area (Å²) in [5, 5.41) is 9.37. The van der Waals surface area contributed by atoms with Crippen molar-refractivity contribution >= 4 is 0 Å². The van der Waals surface area contributed by atoms with Crippen LogP contribution in [-0.4, -0.2) is 7.11 Å². The van der Waals surface area contributed by atoms with Crippen LogP contribution in [0.15, 0.2) is 18.2 Å². The first-order valence-corrected chi connectivity index (χ1v) is 7.20. The number of nitrogens with zero attached hydrogens (tertiary/aromatic N) is 1. The topological polar surface area (TPSA) is 33.0 Å². The second-order valence-electron chi connectivity index (χ2n) is 6.36. The van der Waals surface area contributed by atoms with Crippen LogP contribution < -0.4 is 4.74 Å². The van der Waals surface area contributed by atoms with Gasteiger partial charge >= 0.3 is 0 Å². The van der Waals surface area contributed by atoms with Crippen molar-refractivity contribution in [3.8, 4) is 11.8 Å². The van der Waals surface area contributed by atoms with E-state index in [1.165, 1.54) is 30.4 Å². The molecule has 4 rings (SSSR count). The van der Waals surface area contributed by atoms with Gasteiger partial charge in [0.2, 0.25) is 0 Å². The van der Waals surface area contributed by atoms with Crippen LogP contribution in [0.1, 0.15) is 49.7 Å². The van der Waals surface area contributed by atoms with E-state index in [4.69, 9.17) is 4.74 Å². The average Bonchev–Trinajstić information content (AvgIpc) is 2.49. The highest BCUT2D eigenvalue weighted by atomic mass is 16.5. The fraction of sp³-hybridized carbons (Fsp3) is 0.588. The minimum atomic E-state index is 0.00324. The summed E-state index contributed by atoms with van der Waals surface area (Å²) in [5.41, 5.74) is 3.01. The highest BCUT2D eigenvalue weighted by molar-refractivity contribution is 5.40. The number of hydrogen-bond donors (Lipinski definition) is 0. The second kappa shape index (κ2) is 4.27. The standard InChI is InChI=1S/C17H21NO/c1-13-11-14(3-4-15(13)19-2)17-8-5-16(12-18,6-9-17)7-10-17/h3-4,11H,5-10H2,1-2H3. The van der Waals surface area contributed by atoms with Gasteiger partial charge in [-0.2, -0.15) is 5.26 Å². The van der Waals surface area contributed by atoms with Gasteiger partial charge in [0.15, 0.2) is 0 Å². The Labute approximate surface area is 115 Å². The summed E-state index contributed by atoms with van der Waals surface area (Å²) in [6, 6.07) is 9.21. The Kier molecular flexibility index (Phi) is 2.82. The third-order valence-corrected chi connectivity index (χ3v) is 5.49.